The molecule has 0 saturated carbocycles. The van der Waals surface area contributed by atoms with Gasteiger partial charge in [0.2, 0.25) is 5.91 Å². The number of carbonyl (C=O) groups excluding carboxylic acids is 1. The Labute approximate surface area is 326 Å². The fourth-order valence-corrected chi connectivity index (χ4v) is 7.25. The van der Waals surface area contributed by atoms with E-state index in [1.165, 1.54) is 141 Å². The van der Waals surface area contributed by atoms with E-state index in [0.717, 1.165) is 32.1 Å². The third-order valence-corrected chi connectivity index (χ3v) is 10.8. The molecule has 9 nitrogen and oxygen atoms in total. The quantitative estimate of drug-likeness (QED) is 0.0234. The molecule has 0 aromatic heterocycles. The van der Waals surface area contributed by atoms with Crippen molar-refractivity contribution in [3.63, 3.8) is 0 Å². The second-order valence-corrected chi connectivity index (χ2v) is 16.5. The van der Waals surface area contributed by atoms with Crippen LogP contribution in [0.25, 0.3) is 0 Å². The van der Waals surface area contributed by atoms with Crippen LogP contribution in [0.2, 0.25) is 0 Å². The average Bonchev–Trinajstić information content (AvgIpc) is 3.13. The van der Waals surface area contributed by atoms with Gasteiger partial charge in [-0.25, -0.2) is 4.57 Å². The van der Waals surface area contributed by atoms with Gasteiger partial charge in [-0.2, -0.15) is 0 Å². The van der Waals surface area contributed by atoms with Crippen molar-refractivity contribution in [2.24, 2.45) is 5.73 Å². The Morgan fingerprint density at radius 2 is 1.08 bits per heavy atom. The predicted molar refractivity (Wildman–Crippen MR) is 223 cm³/mol. The molecule has 0 rings (SSSR count). The molecule has 0 fully saturated rings. The van der Waals surface area contributed by atoms with Gasteiger partial charge >= 0.3 is 7.82 Å². The zero-order valence-corrected chi connectivity index (χ0v) is 35.3. The molecule has 1 amide bonds. The van der Waals surface area contributed by atoms with Gasteiger partial charge in [0.05, 0.1) is 37.9 Å². The minimum absolute atomic E-state index is 0.0460. The van der Waals surface area contributed by atoms with Crippen molar-refractivity contribution in [2.45, 2.75) is 225 Å². The third-order valence-electron chi connectivity index (χ3n) is 9.83. The van der Waals surface area contributed by atoms with E-state index in [-0.39, 0.29) is 19.6 Å². The molecule has 4 unspecified atom stereocenters. The Hall–Kier alpha value is -1.06. The molecular formula is C43H85N2O7P. The summed E-state index contributed by atoms with van der Waals surface area (Å²) in [6, 6.07) is -0.995. The molecule has 4 atom stereocenters. The highest BCUT2D eigenvalue weighted by atomic mass is 31.2. The van der Waals surface area contributed by atoms with Gasteiger partial charge in [0.1, 0.15) is 0 Å². The number of amides is 1. The fraction of sp³-hybridized carbons (Fsp3) is 0.884. The van der Waals surface area contributed by atoms with E-state index in [9.17, 15) is 24.5 Å². The highest BCUT2D eigenvalue weighted by Crippen LogP contribution is 2.43. The molecule has 314 valence electrons. The van der Waals surface area contributed by atoms with Crippen LogP contribution in [0.3, 0.4) is 0 Å². The van der Waals surface area contributed by atoms with Crippen LogP contribution in [0.15, 0.2) is 24.3 Å². The van der Waals surface area contributed by atoms with Gasteiger partial charge in [0.25, 0.3) is 0 Å². The first-order valence-corrected chi connectivity index (χ1v) is 23.5. The van der Waals surface area contributed by atoms with Gasteiger partial charge in [-0.05, 0) is 32.1 Å². The normalized spacial score (nSPS) is 14.9. The van der Waals surface area contributed by atoms with Crippen LogP contribution in [0.5, 0.6) is 0 Å². The number of aliphatic hydroxyl groups is 2. The summed E-state index contributed by atoms with van der Waals surface area (Å²) in [5, 5.41) is 24.0. The molecule has 0 saturated heterocycles. The maximum absolute atomic E-state index is 12.8. The summed E-state index contributed by atoms with van der Waals surface area (Å²) in [5.74, 6) is -0.454. The number of nitrogens with two attached hydrogens (primary N) is 1. The molecule has 0 aromatic rings. The number of allylic oxidation sites excluding steroid dienone is 3. The minimum Gasteiger partial charge on any atom is -0.393 e. The van der Waals surface area contributed by atoms with Crippen molar-refractivity contribution < 1.29 is 33.5 Å². The lowest BCUT2D eigenvalue weighted by Crippen LogP contribution is -2.46. The van der Waals surface area contributed by atoms with Crippen molar-refractivity contribution in [3.8, 4) is 0 Å². The van der Waals surface area contributed by atoms with Crippen LogP contribution in [0.1, 0.15) is 206 Å². The van der Waals surface area contributed by atoms with E-state index in [1.807, 2.05) is 6.08 Å². The molecule has 0 spiro atoms. The smallest absolute Gasteiger partial charge is 0.393 e. The lowest BCUT2D eigenvalue weighted by molar-refractivity contribution is -0.124. The van der Waals surface area contributed by atoms with Crippen LogP contribution >= 0.6 is 7.82 Å². The Bertz CT molecular complexity index is 904. The molecule has 0 aromatic carbocycles. The standard InChI is InChI=1S/C43H85N2O7P/c1-3-5-7-9-11-13-15-17-19-20-21-22-24-26-28-30-32-34-40(46)38-43(48)45-41(39-52-53(49,50)51-37-36-44)42(47)35-33-31-29-27-25-23-18-16-14-12-10-8-6-4-2/h25,27,33,35,40-42,46-47H,3-24,26,28-32,34,36-39,44H2,1-2H3,(H,45,48)(H,49,50)/b27-25+,35-33+. The Balaban J connectivity index is 4.32. The second kappa shape index (κ2) is 39.2. The number of hydrogen-bond acceptors (Lipinski definition) is 7. The van der Waals surface area contributed by atoms with E-state index in [1.54, 1.807) is 6.08 Å². The van der Waals surface area contributed by atoms with Gasteiger partial charge in [-0.1, -0.05) is 192 Å². The third kappa shape index (κ3) is 37.6. The molecular weight excluding hydrogens is 687 g/mol. The topological polar surface area (TPSA) is 151 Å². The number of phosphoric ester groups is 1. The Kier molecular flexibility index (Phi) is 38.4. The molecule has 0 aliphatic heterocycles. The van der Waals surface area contributed by atoms with Crippen LogP contribution in [0.4, 0.5) is 0 Å². The second-order valence-electron chi connectivity index (χ2n) is 15.1. The Morgan fingerprint density at radius 1 is 0.642 bits per heavy atom. The summed E-state index contributed by atoms with van der Waals surface area (Å²) in [5.41, 5.74) is 5.36. The van der Waals surface area contributed by atoms with Crippen molar-refractivity contribution >= 4 is 13.7 Å². The summed E-state index contributed by atoms with van der Waals surface area (Å²) >= 11 is 0. The molecule has 0 bridgehead atoms. The monoisotopic (exact) mass is 773 g/mol. The summed E-state index contributed by atoms with van der Waals surface area (Å²) in [6.07, 6.45) is 41.2. The highest BCUT2D eigenvalue weighted by Gasteiger charge is 2.27. The summed E-state index contributed by atoms with van der Waals surface area (Å²) in [6.45, 7) is 3.95. The summed E-state index contributed by atoms with van der Waals surface area (Å²) in [7, 11) is -4.40. The summed E-state index contributed by atoms with van der Waals surface area (Å²) < 4.78 is 22.0. The molecule has 0 aliphatic rings. The van der Waals surface area contributed by atoms with Crippen molar-refractivity contribution in [2.75, 3.05) is 19.8 Å². The zero-order valence-electron chi connectivity index (χ0n) is 34.4. The average molecular weight is 773 g/mol. The molecule has 6 N–H and O–H groups in total. The zero-order chi connectivity index (χ0) is 39.1. The lowest BCUT2D eigenvalue weighted by Gasteiger charge is -2.24. The van der Waals surface area contributed by atoms with Gasteiger partial charge in [-0.15, -0.1) is 0 Å². The van der Waals surface area contributed by atoms with E-state index in [4.69, 9.17) is 14.8 Å². The number of nitrogens with one attached hydrogen (secondary N) is 1. The van der Waals surface area contributed by atoms with E-state index in [0.29, 0.717) is 12.8 Å². The Morgan fingerprint density at radius 3 is 1.57 bits per heavy atom. The number of phosphoric acid groups is 1. The first-order valence-electron chi connectivity index (χ1n) is 22.0. The number of unbranched alkanes of at least 4 members (excludes halogenated alkanes) is 25. The summed E-state index contributed by atoms with van der Waals surface area (Å²) in [4.78, 5) is 22.7. The largest absolute Gasteiger partial charge is 0.472 e. The predicted octanol–water partition coefficient (Wildman–Crippen LogP) is 11.1. The number of aliphatic hydroxyl groups excluding tert-OH is 2. The van der Waals surface area contributed by atoms with E-state index < -0.39 is 38.6 Å². The SMILES string of the molecule is CCCCCCCCCC/C=C/CC/C=C/C(O)C(COP(=O)(O)OCCN)NC(=O)CC(O)CCCCCCCCCCCCCCCCCCC. The molecule has 0 radical (unpaired) electrons. The van der Waals surface area contributed by atoms with Crippen LogP contribution in [0, 0.1) is 0 Å². The number of hydrogen-bond donors (Lipinski definition) is 5. The van der Waals surface area contributed by atoms with Crippen molar-refractivity contribution in [3.05, 3.63) is 24.3 Å². The first kappa shape index (κ1) is 51.9. The van der Waals surface area contributed by atoms with Gasteiger partial charge < -0.3 is 26.2 Å². The van der Waals surface area contributed by atoms with Crippen molar-refractivity contribution in [1.82, 2.24) is 5.32 Å². The molecule has 10 heteroatoms. The van der Waals surface area contributed by atoms with Crippen LogP contribution in [-0.4, -0.2) is 59.0 Å². The highest BCUT2D eigenvalue weighted by molar-refractivity contribution is 7.47. The van der Waals surface area contributed by atoms with Gasteiger partial charge in [-0.3, -0.25) is 13.8 Å². The maximum Gasteiger partial charge on any atom is 0.472 e. The molecule has 0 aliphatic carbocycles. The number of rotatable bonds is 41. The van der Waals surface area contributed by atoms with Crippen LogP contribution in [-0.2, 0) is 18.4 Å². The lowest BCUT2D eigenvalue weighted by atomic mass is 10.0. The van der Waals surface area contributed by atoms with Gasteiger partial charge in [0.15, 0.2) is 0 Å². The molecule has 53 heavy (non-hydrogen) atoms. The first-order chi connectivity index (χ1) is 25.8. The maximum atomic E-state index is 12.8. The van der Waals surface area contributed by atoms with E-state index in [2.05, 4.69) is 31.3 Å². The van der Waals surface area contributed by atoms with Gasteiger partial charge in [0, 0.05) is 6.54 Å². The fourth-order valence-electron chi connectivity index (χ4n) is 6.49. The van der Waals surface area contributed by atoms with Crippen LogP contribution < -0.4 is 11.1 Å². The van der Waals surface area contributed by atoms with E-state index >= 15 is 0 Å². The number of carbonyl (C=O) groups is 1. The molecule has 0 heterocycles. The minimum atomic E-state index is -4.40. The van der Waals surface area contributed by atoms with Crippen molar-refractivity contribution in [1.29, 1.82) is 0 Å².